The number of fused-ring (bicyclic) bond motifs is 1. The molecule has 3 heterocycles. The van der Waals surface area contributed by atoms with Crippen LogP contribution in [0.25, 0.3) is 10.9 Å². The summed E-state index contributed by atoms with van der Waals surface area (Å²) in [6, 6.07) is 9.93. The number of benzene rings is 1. The molecule has 1 aromatic carbocycles. The van der Waals surface area contributed by atoms with Crippen LogP contribution in [-0.4, -0.2) is 23.1 Å². The minimum Gasteiger partial charge on any atom is -0.489 e. The molecule has 0 bridgehead atoms. The molecule has 3 aromatic rings. The van der Waals surface area contributed by atoms with E-state index in [0.717, 1.165) is 35.8 Å². The third-order valence-corrected chi connectivity index (χ3v) is 5.27. The van der Waals surface area contributed by atoms with E-state index in [1.54, 1.807) is 0 Å². The lowest BCUT2D eigenvalue weighted by molar-refractivity contribution is -0.141. The number of pyridine rings is 2. The predicted molar refractivity (Wildman–Crippen MR) is 107 cm³/mol. The van der Waals surface area contributed by atoms with Gasteiger partial charge in [-0.25, -0.2) is 4.98 Å². The van der Waals surface area contributed by atoms with Gasteiger partial charge in [0, 0.05) is 41.5 Å². The van der Waals surface area contributed by atoms with E-state index in [1.807, 2.05) is 25.1 Å². The van der Waals surface area contributed by atoms with E-state index >= 15 is 0 Å². The molecule has 4 nitrogen and oxygen atoms in total. The number of hydrogen-bond donors (Lipinski definition) is 0. The first-order valence-corrected chi connectivity index (χ1v) is 9.71. The lowest BCUT2D eigenvalue weighted by Gasteiger charge is -2.20. The van der Waals surface area contributed by atoms with Crippen molar-refractivity contribution in [3.8, 4) is 5.75 Å². The molecule has 0 spiro atoms. The molecule has 2 aromatic heterocycles. The summed E-state index contributed by atoms with van der Waals surface area (Å²) in [6.07, 6.45) is -2.16. The average molecular weight is 422 g/mol. The normalized spacial score (nSPS) is 14.6. The first-order chi connectivity index (χ1) is 13.8. The van der Waals surface area contributed by atoms with Crippen LogP contribution < -0.4 is 9.64 Å². The third-order valence-electron chi connectivity index (χ3n) is 4.95. The molecule has 4 rings (SSSR count). The monoisotopic (exact) mass is 421 g/mol. The van der Waals surface area contributed by atoms with Crippen LogP contribution in [0.5, 0.6) is 5.75 Å². The van der Waals surface area contributed by atoms with Gasteiger partial charge >= 0.3 is 6.18 Å². The Morgan fingerprint density at radius 2 is 1.83 bits per heavy atom. The van der Waals surface area contributed by atoms with Gasteiger partial charge in [0.05, 0.1) is 5.52 Å². The van der Waals surface area contributed by atoms with E-state index in [4.69, 9.17) is 16.3 Å². The first kappa shape index (κ1) is 19.8. The van der Waals surface area contributed by atoms with Gasteiger partial charge in [0.1, 0.15) is 23.2 Å². The SMILES string of the molecule is Cc1cc(N2CCCC2)c2ccc(OCc3ccc(C(F)(F)F)nc3Cl)cc2n1. The standard InChI is InChI=1S/C21H19ClF3N3O/c1-13-10-18(28-8-2-3-9-28)16-6-5-15(11-17(16)26-13)29-12-14-4-7-19(21(23,24)25)27-20(14)22/h4-7,10-11H,2-3,8-9,12H2,1H3. The number of aromatic nitrogens is 2. The summed E-state index contributed by atoms with van der Waals surface area (Å²) < 4.78 is 43.9. The number of ether oxygens (including phenoxy) is 1. The highest BCUT2D eigenvalue weighted by Gasteiger charge is 2.32. The molecule has 0 N–H and O–H groups in total. The van der Waals surface area contributed by atoms with Crippen LogP contribution in [0.1, 0.15) is 29.8 Å². The Balaban J connectivity index is 1.56. The highest BCUT2D eigenvalue weighted by atomic mass is 35.5. The molecule has 0 atom stereocenters. The van der Waals surface area contributed by atoms with Gasteiger partial charge in [-0.15, -0.1) is 0 Å². The number of alkyl halides is 3. The van der Waals surface area contributed by atoms with E-state index in [1.165, 1.54) is 24.6 Å². The van der Waals surface area contributed by atoms with E-state index in [0.29, 0.717) is 11.3 Å². The summed E-state index contributed by atoms with van der Waals surface area (Å²) in [5, 5.41) is 0.838. The largest absolute Gasteiger partial charge is 0.489 e. The summed E-state index contributed by atoms with van der Waals surface area (Å²) in [5.74, 6) is 0.568. The van der Waals surface area contributed by atoms with Crippen molar-refractivity contribution in [3.05, 3.63) is 58.5 Å². The molecule has 29 heavy (non-hydrogen) atoms. The van der Waals surface area contributed by atoms with Crippen molar-refractivity contribution in [1.82, 2.24) is 9.97 Å². The molecular weight excluding hydrogens is 403 g/mol. The summed E-state index contributed by atoms with van der Waals surface area (Å²) in [4.78, 5) is 10.4. The van der Waals surface area contributed by atoms with E-state index < -0.39 is 11.9 Å². The molecule has 1 aliphatic rings. The Bertz CT molecular complexity index is 1050. The average Bonchev–Trinajstić information content (AvgIpc) is 3.20. The van der Waals surface area contributed by atoms with Crippen molar-refractivity contribution < 1.29 is 17.9 Å². The smallest absolute Gasteiger partial charge is 0.433 e. The predicted octanol–water partition coefficient (Wildman–Crippen LogP) is 5.79. The molecule has 0 unspecified atom stereocenters. The van der Waals surface area contributed by atoms with Gasteiger partial charge in [-0.3, -0.25) is 4.98 Å². The van der Waals surface area contributed by atoms with Gasteiger partial charge in [0.25, 0.3) is 0 Å². The Morgan fingerprint density at radius 1 is 1.07 bits per heavy atom. The Kier molecular flexibility index (Phi) is 5.25. The van der Waals surface area contributed by atoms with Crippen LogP contribution in [0.4, 0.5) is 18.9 Å². The van der Waals surface area contributed by atoms with Gasteiger partial charge < -0.3 is 9.64 Å². The quantitative estimate of drug-likeness (QED) is 0.500. The van der Waals surface area contributed by atoms with E-state index in [9.17, 15) is 13.2 Å². The molecule has 1 aliphatic heterocycles. The molecule has 0 amide bonds. The summed E-state index contributed by atoms with van der Waals surface area (Å²) in [7, 11) is 0. The molecule has 0 radical (unpaired) electrons. The van der Waals surface area contributed by atoms with E-state index in [-0.39, 0.29) is 11.8 Å². The lowest BCUT2D eigenvalue weighted by Crippen LogP contribution is -2.18. The number of anilines is 1. The van der Waals surface area contributed by atoms with Crippen molar-refractivity contribution in [3.63, 3.8) is 0 Å². The summed E-state index contributed by atoms with van der Waals surface area (Å²) in [5.41, 5.74) is 2.28. The zero-order chi connectivity index (χ0) is 20.6. The zero-order valence-corrected chi connectivity index (χ0v) is 16.5. The van der Waals surface area contributed by atoms with Gasteiger partial charge in [-0.2, -0.15) is 13.2 Å². The van der Waals surface area contributed by atoms with Crippen LogP contribution >= 0.6 is 11.6 Å². The number of halogens is 4. The maximum Gasteiger partial charge on any atom is 0.433 e. The minimum absolute atomic E-state index is 0.0142. The van der Waals surface area contributed by atoms with Crippen LogP contribution in [0, 0.1) is 6.92 Å². The Labute approximate surface area is 171 Å². The minimum atomic E-state index is -4.53. The number of rotatable bonds is 4. The van der Waals surface area contributed by atoms with Crippen LogP contribution in [0.3, 0.4) is 0 Å². The molecule has 0 aliphatic carbocycles. The van der Waals surface area contributed by atoms with Gasteiger partial charge in [0.2, 0.25) is 0 Å². The molecule has 1 fully saturated rings. The van der Waals surface area contributed by atoms with Crippen LogP contribution in [-0.2, 0) is 12.8 Å². The summed E-state index contributed by atoms with van der Waals surface area (Å²) >= 11 is 5.90. The van der Waals surface area contributed by atoms with Gasteiger partial charge in [-0.1, -0.05) is 17.7 Å². The van der Waals surface area contributed by atoms with E-state index in [2.05, 4.69) is 20.9 Å². The van der Waals surface area contributed by atoms with Crippen molar-refractivity contribution in [2.45, 2.75) is 32.5 Å². The molecule has 1 saturated heterocycles. The second kappa shape index (κ2) is 7.71. The fraction of sp³-hybridized carbons (Fsp3) is 0.333. The highest BCUT2D eigenvalue weighted by Crippen LogP contribution is 2.32. The number of aryl methyl sites for hydroxylation is 1. The lowest BCUT2D eigenvalue weighted by atomic mass is 10.1. The van der Waals surface area contributed by atoms with Crippen molar-refractivity contribution in [2.75, 3.05) is 18.0 Å². The highest BCUT2D eigenvalue weighted by molar-refractivity contribution is 6.30. The summed E-state index contributed by atoms with van der Waals surface area (Å²) in [6.45, 7) is 4.05. The first-order valence-electron chi connectivity index (χ1n) is 9.33. The van der Waals surface area contributed by atoms with Crippen LogP contribution in [0.15, 0.2) is 36.4 Å². The zero-order valence-electron chi connectivity index (χ0n) is 15.8. The van der Waals surface area contributed by atoms with Crippen LogP contribution in [0.2, 0.25) is 5.15 Å². The fourth-order valence-corrected chi connectivity index (χ4v) is 3.73. The third kappa shape index (κ3) is 4.24. The fourth-order valence-electron chi connectivity index (χ4n) is 3.52. The Hall–Kier alpha value is -2.54. The van der Waals surface area contributed by atoms with Gasteiger partial charge in [0.15, 0.2) is 0 Å². The van der Waals surface area contributed by atoms with Gasteiger partial charge in [-0.05, 0) is 44.0 Å². The maximum absolute atomic E-state index is 12.7. The molecule has 8 heteroatoms. The number of hydrogen-bond acceptors (Lipinski definition) is 4. The maximum atomic E-state index is 12.7. The van der Waals surface area contributed by atoms with Crippen molar-refractivity contribution in [2.24, 2.45) is 0 Å². The Morgan fingerprint density at radius 3 is 2.52 bits per heavy atom. The van der Waals surface area contributed by atoms with Crippen molar-refractivity contribution in [1.29, 1.82) is 0 Å². The van der Waals surface area contributed by atoms with Crippen molar-refractivity contribution >= 4 is 28.2 Å². The second-order valence-corrected chi connectivity index (χ2v) is 7.45. The molecular formula is C21H19ClF3N3O. The number of nitrogens with zero attached hydrogens (tertiary/aromatic N) is 3. The second-order valence-electron chi connectivity index (χ2n) is 7.09. The topological polar surface area (TPSA) is 38.2 Å². The molecule has 152 valence electrons. The molecule has 0 saturated carbocycles.